The largest absolute Gasteiger partial charge is 0.465 e. The summed E-state index contributed by atoms with van der Waals surface area (Å²) < 4.78 is 20.6. The molecule has 138 valence electrons. The Kier molecular flexibility index (Phi) is 4.75. The summed E-state index contributed by atoms with van der Waals surface area (Å²) in [5.74, 6) is -0.352. The molecule has 0 fully saturated rings. The smallest absolute Gasteiger partial charge is 0.274 e. The van der Waals surface area contributed by atoms with Gasteiger partial charge in [0.25, 0.3) is 5.91 Å². The van der Waals surface area contributed by atoms with Crippen LogP contribution in [-0.2, 0) is 4.79 Å². The molecule has 2 aromatic carbocycles. The van der Waals surface area contributed by atoms with E-state index < -0.39 is 11.7 Å². The van der Waals surface area contributed by atoms with E-state index >= 15 is 0 Å². The van der Waals surface area contributed by atoms with Crippen molar-refractivity contribution in [2.24, 2.45) is 0 Å². The molecule has 8 heteroatoms. The Balaban J connectivity index is 1.77. The fourth-order valence-electron chi connectivity index (χ4n) is 2.60. The van der Waals surface area contributed by atoms with Crippen LogP contribution < -0.4 is 5.32 Å². The Hall–Kier alpha value is -4.07. The van der Waals surface area contributed by atoms with Crippen molar-refractivity contribution in [3.8, 4) is 11.4 Å². The molecular formula is C20H14FN5O2. The molecule has 1 amide bonds. The lowest BCUT2D eigenvalue weighted by molar-refractivity contribution is -0.111. The molecule has 2 aromatic heterocycles. The van der Waals surface area contributed by atoms with Crippen LogP contribution in [0.25, 0.3) is 23.2 Å². The van der Waals surface area contributed by atoms with Gasteiger partial charge in [-0.25, -0.2) is 4.39 Å². The summed E-state index contributed by atoms with van der Waals surface area (Å²) in [6, 6.07) is 18.4. The second-order valence-electron chi connectivity index (χ2n) is 5.76. The van der Waals surface area contributed by atoms with Gasteiger partial charge in [-0.3, -0.25) is 4.79 Å². The number of amides is 1. The minimum atomic E-state index is -0.592. The lowest BCUT2D eigenvalue weighted by Gasteiger charge is -2.11. The van der Waals surface area contributed by atoms with Gasteiger partial charge in [-0.1, -0.05) is 42.5 Å². The Morgan fingerprint density at radius 3 is 2.57 bits per heavy atom. The molecule has 1 N–H and O–H groups in total. The first-order valence-corrected chi connectivity index (χ1v) is 8.37. The molecular weight excluding hydrogens is 361 g/mol. The van der Waals surface area contributed by atoms with Crippen LogP contribution in [0.15, 0.2) is 77.4 Å². The molecule has 0 radical (unpaired) electrons. The van der Waals surface area contributed by atoms with Gasteiger partial charge in [-0.2, -0.15) is 4.68 Å². The van der Waals surface area contributed by atoms with Crippen LogP contribution in [0.1, 0.15) is 5.76 Å². The van der Waals surface area contributed by atoms with E-state index in [1.165, 1.54) is 29.2 Å². The lowest BCUT2D eigenvalue weighted by atomic mass is 10.2. The molecule has 4 rings (SSSR count). The molecule has 0 saturated carbocycles. The number of aromatic nitrogens is 4. The van der Waals surface area contributed by atoms with Crippen molar-refractivity contribution < 1.29 is 13.6 Å². The number of nitrogens with zero attached hydrogens (tertiary/aromatic N) is 4. The summed E-state index contributed by atoms with van der Waals surface area (Å²) in [5.41, 5.74) is 0.839. The van der Waals surface area contributed by atoms with Gasteiger partial charge in [0.1, 0.15) is 17.3 Å². The second-order valence-corrected chi connectivity index (χ2v) is 5.76. The summed E-state index contributed by atoms with van der Waals surface area (Å²) in [6.45, 7) is 0. The molecule has 0 aliphatic carbocycles. The van der Waals surface area contributed by atoms with Gasteiger partial charge < -0.3 is 9.73 Å². The molecule has 2 heterocycles. The minimum Gasteiger partial charge on any atom is -0.465 e. The molecule has 0 unspecified atom stereocenters. The van der Waals surface area contributed by atoms with Gasteiger partial charge >= 0.3 is 0 Å². The molecule has 0 saturated heterocycles. The van der Waals surface area contributed by atoms with E-state index in [4.69, 9.17) is 4.42 Å². The Bertz CT molecular complexity index is 1120. The number of furan rings is 1. The summed E-state index contributed by atoms with van der Waals surface area (Å²) in [4.78, 5) is 13.0. The van der Waals surface area contributed by atoms with Gasteiger partial charge in [0.2, 0.25) is 0 Å². The highest BCUT2D eigenvalue weighted by Gasteiger charge is 2.20. The monoisotopic (exact) mass is 375 g/mol. The molecule has 0 bridgehead atoms. The maximum Gasteiger partial charge on any atom is 0.274 e. The molecule has 7 nitrogen and oxygen atoms in total. The van der Waals surface area contributed by atoms with Crippen molar-refractivity contribution in [3.63, 3.8) is 0 Å². The highest BCUT2D eigenvalue weighted by molar-refractivity contribution is 6.24. The quantitative estimate of drug-likeness (QED) is 0.538. The highest BCUT2D eigenvalue weighted by Crippen LogP contribution is 2.22. The predicted molar refractivity (Wildman–Crippen MR) is 101 cm³/mol. The van der Waals surface area contributed by atoms with E-state index in [-0.39, 0.29) is 11.4 Å². The number of carbonyl (C=O) groups excluding carboxylic acids is 1. The number of tetrazole rings is 1. The van der Waals surface area contributed by atoms with E-state index in [1.807, 2.05) is 30.3 Å². The first-order chi connectivity index (χ1) is 13.7. The van der Waals surface area contributed by atoms with Gasteiger partial charge in [0.05, 0.1) is 12.0 Å². The number of benzene rings is 2. The number of hydrogen-bond donors (Lipinski definition) is 1. The molecule has 0 aliphatic rings. The van der Waals surface area contributed by atoms with Crippen molar-refractivity contribution in [3.05, 3.63) is 84.6 Å². The number of anilines is 1. The first-order valence-electron chi connectivity index (χ1n) is 8.37. The standard InChI is InChI=1S/C20H14FN5O2/c21-16-10-4-5-11-17(16)22-20(27)18(13-15-9-6-12-28-15)26-19(23-24-25-26)14-7-2-1-3-8-14/h1-13H,(H,22,27)/b18-13-. The summed E-state index contributed by atoms with van der Waals surface area (Å²) >= 11 is 0. The summed E-state index contributed by atoms with van der Waals surface area (Å²) in [7, 11) is 0. The molecule has 28 heavy (non-hydrogen) atoms. The van der Waals surface area contributed by atoms with Crippen LogP contribution in [0, 0.1) is 5.82 Å². The summed E-state index contributed by atoms with van der Waals surface area (Å²) in [6.07, 6.45) is 2.97. The van der Waals surface area contributed by atoms with Crippen molar-refractivity contribution in [2.75, 3.05) is 5.32 Å². The summed E-state index contributed by atoms with van der Waals surface area (Å²) in [5, 5.41) is 14.2. The lowest BCUT2D eigenvalue weighted by Crippen LogP contribution is -2.20. The molecule has 4 aromatic rings. The van der Waals surface area contributed by atoms with Crippen LogP contribution in [-0.4, -0.2) is 26.1 Å². The van der Waals surface area contributed by atoms with Crippen molar-refractivity contribution in [1.82, 2.24) is 20.2 Å². The van der Waals surface area contributed by atoms with Crippen molar-refractivity contribution in [2.45, 2.75) is 0 Å². The Morgan fingerprint density at radius 1 is 1.04 bits per heavy atom. The average Bonchev–Trinajstić information content (AvgIpc) is 3.40. The highest BCUT2D eigenvalue weighted by atomic mass is 19.1. The molecule has 0 spiro atoms. The van der Waals surface area contributed by atoms with Crippen LogP contribution in [0.2, 0.25) is 0 Å². The topological polar surface area (TPSA) is 85.8 Å². The average molecular weight is 375 g/mol. The van der Waals surface area contributed by atoms with Gasteiger partial charge in [-0.15, -0.1) is 5.10 Å². The third-order valence-electron chi connectivity index (χ3n) is 3.91. The van der Waals surface area contributed by atoms with E-state index in [2.05, 4.69) is 20.8 Å². The SMILES string of the molecule is O=C(Nc1ccccc1F)/C(=C/c1ccco1)n1nnnc1-c1ccccc1. The minimum absolute atomic E-state index is 0.0483. The van der Waals surface area contributed by atoms with E-state index in [9.17, 15) is 9.18 Å². The van der Waals surface area contributed by atoms with E-state index in [0.717, 1.165) is 5.56 Å². The fraction of sp³-hybridized carbons (Fsp3) is 0. The van der Waals surface area contributed by atoms with Gasteiger partial charge in [0, 0.05) is 11.6 Å². The maximum absolute atomic E-state index is 14.0. The van der Waals surface area contributed by atoms with Crippen molar-refractivity contribution in [1.29, 1.82) is 0 Å². The van der Waals surface area contributed by atoms with Crippen LogP contribution in [0.3, 0.4) is 0 Å². The van der Waals surface area contributed by atoms with Gasteiger partial charge in [0.15, 0.2) is 5.82 Å². The van der Waals surface area contributed by atoms with E-state index in [0.29, 0.717) is 11.6 Å². The fourth-order valence-corrected chi connectivity index (χ4v) is 2.60. The van der Waals surface area contributed by atoms with Crippen molar-refractivity contribution >= 4 is 23.4 Å². The maximum atomic E-state index is 14.0. The Labute approximate surface area is 159 Å². The number of nitrogens with one attached hydrogen (secondary N) is 1. The zero-order valence-corrected chi connectivity index (χ0v) is 14.5. The zero-order chi connectivity index (χ0) is 19.3. The second kappa shape index (κ2) is 7.67. The molecule has 0 aliphatic heterocycles. The van der Waals surface area contributed by atoms with Crippen LogP contribution >= 0.6 is 0 Å². The third-order valence-corrected chi connectivity index (χ3v) is 3.91. The molecule has 0 atom stereocenters. The third kappa shape index (κ3) is 3.56. The van der Waals surface area contributed by atoms with Gasteiger partial charge in [-0.05, 0) is 34.7 Å². The number of para-hydroxylation sites is 1. The predicted octanol–water partition coefficient (Wildman–Crippen LogP) is 3.71. The van der Waals surface area contributed by atoms with Crippen LogP contribution in [0.5, 0.6) is 0 Å². The number of rotatable bonds is 5. The number of carbonyl (C=O) groups is 1. The Morgan fingerprint density at radius 2 is 1.82 bits per heavy atom. The normalized spacial score (nSPS) is 11.4. The van der Waals surface area contributed by atoms with Crippen LogP contribution in [0.4, 0.5) is 10.1 Å². The number of hydrogen-bond acceptors (Lipinski definition) is 5. The number of halogens is 1. The van der Waals surface area contributed by atoms with E-state index in [1.54, 1.807) is 24.3 Å². The first kappa shape index (κ1) is 17.3. The zero-order valence-electron chi connectivity index (χ0n) is 14.5.